The second-order valence-electron chi connectivity index (χ2n) is 3.79. The standard InChI is InChI=1S/C12H10Cl2N2O2/c1-5-3-7(13)11-8(9(5)14)10(15)6(4-16-11)12(17)18-2/h3-4H,1-2H3,(H2,15,16). The molecule has 0 spiro atoms. The number of hydrogen-bond acceptors (Lipinski definition) is 4. The highest BCUT2D eigenvalue weighted by molar-refractivity contribution is 6.41. The fourth-order valence-corrected chi connectivity index (χ4v) is 2.27. The molecule has 2 aromatic rings. The molecule has 1 aromatic heterocycles. The molecule has 0 fully saturated rings. The van der Waals surface area contributed by atoms with Gasteiger partial charge in [-0.1, -0.05) is 23.2 Å². The number of nitrogen functional groups attached to an aromatic ring is 1. The van der Waals surface area contributed by atoms with Crippen molar-refractivity contribution in [3.05, 3.63) is 33.4 Å². The summed E-state index contributed by atoms with van der Waals surface area (Å²) in [6.45, 7) is 1.80. The number of pyridine rings is 1. The van der Waals surface area contributed by atoms with Crippen LogP contribution in [0, 0.1) is 6.92 Å². The van der Waals surface area contributed by atoms with Crippen LogP contribution in [0.5, 0.6) is 0 Å². The van der Waals surface area contributed by atoms with Gasteiger partial charge in [0.25, 0.3) is 0 Å². The molecule has 0 aliphatic rings. The van der Waals surface area contributed by atoms with Crippen LogP contribution in [-0.2, 0) is 4.74 Å². The highest BCUT2D eigenvalue weighted by atomic mass is 35.5. The van der Waals surface area contributed by atoms with E-state index in [-0.39, 0.29) is 11.3 Å². The Balaban J connectivity index is 2.89. The zero-order chi connectivity index (χ0) is 13.4. The lowest BCUT2D eigenvalue weighted by Crippen LogP contribution is -2.07. The van der Waals surface area contributed by atoms with E-state index in [4.69, 9.17) is 28.9 Å². The number of fused-ring (bicyclic) bond motifs is 1. The Labute approximate surface area is 114 Å². The van der Waals surface area contributed by atoms with Crippen LogP contribution in [-0.4, -0.2) is 18.1 Å². The minimum absolute atomic E-state index is 0.175. The largest absolute Gasteiger partial charge is 0.465 e. The number of rotatable bonds is 1. The van der Waals surface area contributed by atoms with E-state index in [1.165, 1.54) is 13.3 Å². The van der Waals surface area contributed by atoms with Gasteiger partial charge in [-0.25, -0.2) is 4.79 Å². The van der Waals surface area contributed by atoms with E-state index in [2.05, 4.69) is 9.72 Å². The van der Waals surface area contributed by atoms with E-state index in [9.17, 15) is 4.79 Å². The second-order valence-corrected chi connectivity index (χ2v) is 4.58. The maximum atomic E-state index is 11.5. The first-order chi connectivity index (χ1) is 8.47. The first-order valence-corrected chi connectivity index (χ1v) is 5.84. The highest BCUT2D eigenvalue weighted by Gasteiger charge is 2.18. The van der Waals surface area contributed by atoms with E-state index < -0.39 is 5.97 Å². The number of carbonyl (C=O) groups is 1. The van der Waals surface area contributed by atoms with Crippen molar-refractivity contribution in [2.75, 3.05) is 12.8 Å². The molecule has 94 valence electrons. The van der Waals surface area contributed by atoms with E-state index in [0.29, 0.717) is 20.9 Å². The Morgan fingerprint density at radius 2 is 2.11 bits per heavy atom. The van der Waals surface area contributed by atoms with Crippen LogP contribution < -0.4 is 5.73 Å². The van der Waals surface area contributed by atoms with Crippen molar-refractivity contribution < 1.29 is 9.53 Å². The summed E-state index contributed by atoms with van der Waals surface area (Å²) < 4.78 is 4.63. The van der Waals surface area contributed by atoms with Crippen LogP contribution in [0.3, 0.4) is 0 Å². The summed E-state index contributed by atoms with van der Waals surface area (Å²) in [5.41, 5.74) is 7.59. The molecule has 0 saturated heterocycles. The van der Waals surface area contributed by atoms with Crippen molar-refractivity contribution in [1.82, 2.24) is 4.98 Å². The summed E-state index contributed by atoms with van der Waals surface area (Å²) in [6, 6.07) is 1.70. The molecule has 2 N–H and O–H groups in total. The van der Waals surface area contributed by atoms with Gasteiger partial charge in [-0.2, -0.15) is 0 Å². The topological polar surface area (TPSA) is 65.2 Å². The molecule has 0 unspecified atom stereocenters. The zero-order valence-electron chi connectivity index (χ0n) is 9.75. The van der Waals surface area contributed by atoms with Gasteiger partial charge in [-0.15, -0.1) is 0 Å². The van der Waals surface area contributed by atoms with Gasteiger partial charge in [0.2, 0.25) is 0 Å². The predicted molar refractivity (Wildman–Crippen MR) is 72.3 cm³/mol. The Kier molecular flexibility index (Phi) is 3.32. The van der Waals surface area contributed by atoms with E-state index in [1.807, 2.05) is 0 Å². The molecule has 0 amide bonds. The van der Waals surface area contributed by atoms with Crippen LogP contribution in [0.15, 0.2) is 12.3 Å². The first kappa shape index (κ1) is 12.9. The maximum absolute atomic E-state index is 11.5. The molecule has 4 nitrogen and oxygen atoms in total. The quantitative estimate of drug-likeness (QED) is 0.817. The average molecular weight is 285 g/mol. The number of carbonyl (C=O) groups excluding carboxylic acids is 1. The van der Waals surface area contributed by atoms with E-state index >= 15 is 0 Å². The average Bonchev–Trinajstić information content (AvgIpc) is 2.35. The number of anilines is 1. The van der Waals surface area contributed by atoms with Crippen molar-refractivity contribution in [3.63, 3.8) is 0 Å². The zero-order valence-corrected chi connectivity index (χ0v) is 11.3. The molecule has 0 bridgehead atoms. The number of nitrogens with zero attached hydrogens (tertiary/aromatic N) is 1. The maximum Gasteiger partial charge on any atom is 0.341 e. The van der Waals surface area contributed by atoms with Gasteiger partial charge in [0.05, 0.1) is 28.4 Å². The highest BCUT2D eigenvalue weighted by Crippen LogP contribution is 2.36. The Hall–Kier alpha value is -1.52. The van der Waals surface area contributed by atoms with Crippen molar-refractivity contribution >= 4 is 45.8 Å². The smallest absolute Gasteiger partial charge is 0.341 e. The van der Waals surface area contributed by atoms with Crippen molar-refractivity contribution in [1.29, 1.82) is 0 Å². The fourth-order valence-electron chi connectivity index (χ4n) is 1.72. The number of aromatic nitrogens is 1. The first-order valence-electron chi connectivity index (χ1n) is 5.08. The monoisotopic (exact) mass is 284 g/mol. The third kappa shape index (κ3) is 1.87. The van der Waals surface area contributed by atoms with Gasteiger partial charge in [0.1, 0.15) is 5.56 Å². The van der Waals surface area contributed by atoms with Gasteiger partial charge in [0, 0.05) is 11.6 Å². The lowest BCUT2D eigenvalue weighted by Gasteiger charge is -2.11. The summed E-state index contributed by atoms with van der Waals surface area (Å²) >= 11 is 12.3. The Morgan fingerprint density at radius 3 is 2.72 bits per heavy atom. The molecule has 0 aliphatic carbocycles. The second kappa shape index (κ2) is 4.63. The molecule has 1 aromatic carbocycles. The molecule has 0 aliphatic heterocycles. The van der Waals surface area contributed by atoms with E-state index in [0.717, 1.165) is 5.56 Å². The SMILES string of the molecule is COC(=O)c1cnc2c(Cl)cc(C)c(Cl)c2c1N. The number of nitrogens with two attached hydrogens (primary N) is 1. The van der Waals surface area contributed by atoms with E-state index in [1.54, 1.807) is 13.0 Å². The van der Waals surface area contributed by atoms with Crippen molar-refractivity contribution in [3.8, 4) is 0 Å². The molecule has 2 rings (SSSR count). The van der Waals surface area contributed by atoms with Crippen LogP contribution in [0.1, 0.15) is 15.9 Å². The molecule has 1 heterocycles. The molecule has 0 atom stereocenters. The van der Waals surface area contributed by atoms with Gasteiger partial charge in [-0.05, 0) is 18.6 Å². The minimum atomic E-state index is -0.560. The summed E-state index contributed by atoms with van der Waals surface area (Å²) in [7, 11) is 1.27. The lowest BCUT2D eigenvalue weighted by atomic mass is 10.1. The third-order valence-corrected chi connectivity index (χ3v) is 3.43. The summed E-state index contributed by atoms with van der Waals surface area (Å²) in [5, 5.41) is 1.35. The number of methoxy groups -OCH3 is 1. The van der Waals surface area contributed by atoms with Crippen molar-refractivity contribution in [2.45, 2.75) is 6.92 Å². The van der Waals surface area contributed by atoms with Crippen LogP contribution in [0.25, 0.3) is 10.9 Å². The molecule has 6 heteroatoms. The predicted octanol–water partition coefficient (Wildman–Crippen LogP) is 3.22. The number of benzene rings is 1. The number of esters is 1. The summed E-state index contributed by atoms with van der Waals surface area (Å²) in [4.78, 5) is 15.7. The number of hydrogen-bond donors (Lipinski definition) is 1. The number of ether oxygens (including phenoxy) is 1. The van der Waals surface area contributed by atoms with Crippen LogP contribution >= 0.6 is 23.2 Å². The Bertz CT molecular complexity index is 656. The fraction of sp³-hybridized carbons (Fsp3) is 0.167. The van der Waals surface area contributed by atoms with Crippen LogP contribution in [0.2, 0.25) is 10.0 Å². The molecular weight excluding hydrogens is 275 g/mol. The molecular formula is C12H10Cl2N2O2. The number of aryl methyl sites for hydroxylation is 1. The number of halogens is 2. The van der Waals surface area contributed by atoms with Crippen molar-refractivity contribution in [2.24, 2.45) is 0 Å². The normalized spacial score (nSPS) is 10.7. The van der Waals surface area contributed by atoms with Crippen LogP contribution in [0.4, 0.5) is 5.69 Å². The summed E-state index contributed by atoms with van der Waals surface area (Å²) in [5.74, 6) is -0.560. The minimum Gasteiger partial charge on any atom is -0.465 e. The molecule has 18 heavy (non-hydrogen) atoms. The molecule has 0 radical (unpaired) electrons. The third-order valence-electron chi connectivity index (χ3n) is 2.66. The van der Waals surface area contributed by atoms with Gasteiger partial charge >= 0.3 is 5.97 Å². The van der Waals surface area contributed by atoms with Gasteiger partial charge in [0.15, 0.2) is 0 Å². The Morgan fingerprint density at radius 1 is 1.44 bits per heavy atom. The van der Waals surface area contributed by atoms with Gasteiger partial charge in [-0.3, -0.25) is 4.98 Å². The van der Waals surface area contributed by atoms with Gasteiger partial charge < -0.3 is 10.5 Å². The summed E-state index contributed by atoms with van der Waals surface area (Å²) in [6.07, 6.45) is 1.33. The lowest BCUT2D eigenvalue weighted by molar-refractivity contribution is 0.0601. The molecule has 0 saturated carbocycles.